The molecule has 1 N–H and O–H groups in total. The van der Waals surface area contributed by atoms with E-state index in [2.05, 4.69) is 9.97 Å². The maximum Gasteiger partial charge on any atom is 0.343 e. The van der Waals surface area contributed by atoms with Crippen LogP contribution in [-0.4, -0.2) is 25.6 Å². The van der Waals surface area contributed by atoms with Gasteiger partial charge in [-0.1, -0.05) is 6.92 Å². The van der Waals surface area contributed by atoms with Gasteiger partial charge in [0.15, 0.2) is 5.60 Å². The zero-order valence-electron chi connectivity index (χ0n) is 14.0. The minimum Gasteiger partial charge on any atom is -0.458 e. The van der Waals surface area contributed by atoms with E-state index in [1.54, 1.807) is 30.0 Å². The Bertz CT molecular complexity index is 1170. The number of fused-ring (bicyclic) bond motifs is 5. The normalized spacial score (nSPS) is 20.5. The molecule has 2 aliphatic heterocycles. The van der Waals surface area contributed by atoms with Gasteiger partial charge in [-0.3, -0.25) is 9.78 Å². The van der Waals surface area contributed by atoms with Crippen molar-refractivity contribution in [1.82, 2.24) is 14.5 Å². The number of carbonyl (C=O) groups excluding carboxylic acids is 1. The van der Waals surface area contributed by atoms with Crippen molar-refractivity contribution < 1.29 is 14.6 Å². The Morgan fingerprint density at radius 1 is 1.35 bits per heavy atom. The Morgan fingerprint density at radius 3 is 3.00 bits per heavy atom. The van der Waals surface area contributed by atoms with Crippen molar-refractivity contribution in [1.29, 1.82) is 0 Å². The number of rotatable bonds is 1. The standard InChI is InChI=1S/C19H15N3O4/c1-2-19(25)13-6-15-16-11(5-10-3-4-20-7-14(10)21-16)8-22(15)17(23)12(13)9-26-18(19)24/h3-7,25H,2,8-9H2,1H3. The third-order valence-electron chi connectivity index (χ3n) is 5.31. The van der Waals surface area contributed by atoms with Gasteiger partial charge in [0.25, 0.3) is 5.56 Å². The lowest BCUT2D eigenvalue weighted by molar-refractivity contribution is -0.172. The number of esters is 1. The number of carbonyl (C=O) groups is 1. The average Bonchev–Trinajstić information content (AvgIpc) is 3.01. The summed E-state index contributed by atoms with van der Waals surface area (Å²) in [4.78, 5) is 33.9. The van der Waals surface area contributed by atoms with Crippen LogP contribution in [0.3, 0.4) is 0 Å². The average molecular weight is 349 g/mol. The molecule has 0 saturated carbocycles. The Balaban J connectivity index is 1.81. The van der Waals surface area contributed by atoms with Crippen molar-refractivity contribution in [3.05, 3.63) is 57.6 Å². The van der Waals surface area contributed by atoms with Gasteiger partial charge in [-0.05, 0) is 24.6 Å². The van der Waals surface area contributed by atoms with Crippen LogP contribution < -0.4 is 5.56 Å². The third-order valence-corrected chi connectivity index (χ3v) is 5.31. The van der Waals surface area contributed by atoms with Gasteiger partial charge in [0.05, 0.1) is 35.2 Å². The summed E-state index contributed by atoms with van der Waals surface area (Å²) in [7, 11) is 0. The molecule has 0 aromatic carbocycles. The smallest absolute Gasteiger partial charge is 0.343 e. The lowest BCUT2D eigenvalue weighted by Crippen LogP contribution is -2.44. The molecule has 1 atom stereocenters. The first-order valence-electron chi connectivity index (χ1n) is 8.43. The van der Waals surface area contributed by atoms with E-state index < -0.39 is 11.6 Å². The minimum absolute atomic E-state index is 0.120. The summed E-state index contributed by atoms with van der Waals surface area (Å²) in [6.45, 7) is 1.97. The van der Waals surface area contributed by atoms with Gasteiger partial charge in [0, 0.05) is 22.7 Å². The molecule has 1 unspecified atom stereocenters. The third kappa shape index (κ3) is 1.80. The van der Waals surface area contributed by atoms with Gasteiger partial charge >= 0.3 is 5.97 Å². The van der Waals surface area contributed by atoms with Crippen LogP contribution >= 0.6 is 0 Å². The van der Waals surface area contributed by atoms with Crippen LogP contribution in [0.4, 0.5) is 0 Å². The zero-order chi connectivity index (χ0) is 18.1. The molecule has 0 spiro atoms. The summed E-state index contributed by atoms with van der Waals surface area (Å²) in [6, 6.07) is 5.59. The number of hydrogen-bond acceptors (Lipinski definition) is 6. The number of ether oxygens (including phenoxy) is 1. The van der Waals surface area contributed by atoms with Crippen molar-refractivity contribution in [2.45, 2.75) is 32.1 Å². The molecule has 0 radical (unpaired) electrons. The summed E-state index contributed by atoms with van der Waals surface area (Å²) in [5.41, 5.74) is 1.55. The Morgan fingerprint density at radius 2 is 2.19 bits per heavy atom. The van der Waals surface area contributed by atoms with E-state index in [4.69, 9.17) is 4.74 Å². The molecule has 0 amide bonds. The van der Waals surface area contributed by atoms with E-state index in [1.165, 1.54) is 0 Å². The predicted molar refractivity (Wildman–Crippen MR) is 92.3 cm³/mol. The largest absolute Gasteiger partial charge is 0.458 e. The quantitative estimate of drug-likeness (QED) is 0.523. The summed E-state index contributed by atoms with van der Waals surface area (Å²) in [5, 5.41) is 11.8. The van der Waals surface area contributed by atoms with Crippen molar-refractivity contribution in [3.63, 3.8) is 0 Å². The molecule has 7 nitrogen and oxygen atoms in total. The van der Waals surface area contributed by atoms with Crippen molar-refractivity contribution in [3.8, 4) is 11.4 Å². The van der Waals surface area contributed by atoms with E-state index in [9.17, 15) is 14.7 Å². The molecule has 3 aromatic rings. The lowest BCUT2D eigenvalue weighted by atomic mass is 9.86. The number of nitrogens with zero attached hydrogens (tertiary/aromatic N) is 3. The van der Waals surface area contributed by atoms with Crippen molar-refractivity contribution in [2.75, 3.05) is 0 Å². The van der Waals surface area contributed by atoms with Crippen molar-refractivity contribution >= 4 is 16.9 Å². The van der Waals surface area contributed by atoms with Crippen LogP contribution in [0.5, 0.6) is 0 Å². The van der Waals surface area contributed by atoms with Crippen LogP contribution in [0, 0.1) is 0 Å². The van der Waals surface area contributed by atoms with E-state index in [0.29, 0.717) is 29.1 Å². The minimum atomic E-state index is -1.80. The summed E-state index contributed by atoms with van der Waals surface area (Å²) in [5.74, 6) is -0.717. The maximum atomic E-state index is 13.0. The highest BCUT2D eigenvalue weighted by Crippen LogP contribution is 2.38. The van der Waals surface area contributed by atoms with Gasteiger partial charge in [0.1, 0.15) is 6.61 Å². The zero-order valence-corrected chi connectivity index (χ0v) is 14.0. The molecular weight excluding hydrogens is 334 g/mol. The molecule has 0 bridgehead atoms. The summed E-state index contributed by atoms with van der Waals surface area (Å²) < 4.78 is 6.69. The van der Waals surface area contributed by atoms with Crippen LogP contribution in [0.25, 0.3) is 22.3 Å². The predicted octanol–water partition coefficient (Wildman–Crippen LogP) is 1.47. The molecular formula is C19H15N3O4. The number of aromatic nitrogens is 3. The highest BCUT2D eigenvalue weighted by atomic mass is 16.6. The van der Waals surface area contributed by atoms with Crippen LogP contribution in [0.1, 0.15) is 30.0 Å². The first-order valence-corrected chi connectivity index (χ1v) is 8.43. The molecule has 130 valence electrons. The lowest BCUT2D eigenvalue weighted by Gasteiger charge is -2.31. The summed E-state index contributed by atoms with van der Waals surface area (Å²) in [6.07, 6.45) is 3.51. The van der Waals surface area contributed by atoms with E-state index in [0.717, 1.165) is 16.5 Å². The van der Waals surface area contributed by atoms with Crippen molar-refractivity contribution in [2.24, 2.45) is 0 Å². The number of aliphatic hydroxyl groups is 1. The van der Waals surface area contributed by atoms with E-state index in [1.807, 2.05) is 12.1 Å². The molecule has 0 aliphatic carbocycles. The SMILES string of the molecule is CCC1(O)C(=O)OCc2c1cc1n(c2=O)Cc2cc3ccncc3nc2-1. The number of pyridine rings is 3. The van der Waals surface area contributed by atoms with Crippen LogP contribution in [0.2, 0.25) is 0 Å². The second-order valence-electron chi connectivity index (χ2n) is 6.67. The molecule has 0 fully saturated rings. The maximum absolute atomic E-state index is 13.0. The Labute approximate surface area is 147 Å². The number of cyclic esters (lactones) is 1. The fourth-order valence-electron chi connectivity index (χ4n) is 3.83. The molecule has 26 heavy (non-hydrogen) atoms. The number of hydrogen-bond donors (Lipinski definition) is 1. The van der Waals surface area contributed by atoms with Gasteiger partial charge in [-0.2, -0.15) is 0 Å². The second kappa shape index (κ2) is 4.98. The van der Waals surface area contributed by atoms with Crippen LogP contribution in [-0.2, 0) is 28.3 Å². The molecule has 5 rings (SSSR count). The molecule has 2 aliphatic rings. The molecule has 3 aromatic heterocycles. The van der Waals surface area contributed by atoms with E-state index in [-0.39, 0.29) is 18.6 Å². The van der Waals surface area contributed by atoms with Gasteiger partial charge < -0.3 is 14.4 Å². The topological polar surface area (TPSA) is 94.3 Å². The first-order chi connectivity index (χ1) is 12.5. The monoisotopic (exact) mass is 349 g/mol. The molecule has 0 saturated heterocycles. The second-order valence-corrected chi connectivity index (χ2v) is 6.67. The fraction of sp³-hybridized carbons (Fsp3) is 0.263. The molecule has 5 heterocycles. The Kier molecular flexibility index (Phi) is 2.92. The highest BCUT2D eigenvalue weighted by molar-refractivity contribution is 5.85. The van der Waals surface area contributed by atoms with Gasteiger partial charge in [-0.25, -0.2) is 9.78 Å². The molecule has 7 heteroatoms. The van der Waals surface area contributed by atoms with E-state index >= 15 is 0 Å². The van der Waals surface area contributed by atoms with Crippen LogP contribution in [0.15, 0.2) is 35.4 Å². The summed E-state index contributed by atoms with van der Waals surface area (Å²) >= 11 is 0. The first kappa shape index (κ1) is 15.2. The van der Waals surface area contributed by atoms with Gasteiger partial charge in [-0.15, -0.1) is 0 Å². The Hall–Kier alpha value is -3.06. The fourth-order valence-corrected chi connectivity index (χ4v) is 3.83. The highest BCUT2D eigenvalue weighted by Gasteiger charge is 2.45. The van der Waals surface area contributed by atoms with Gasteiger partial charge in [0.2, 0.25) is 0 Å².